The van der Waals surface area contributed by atoms with Crippen LogP contribution in [0.5, 0.6) is 0 Å². The van der Waals surface area contributed by atoms with E-state index in [0.29, 0.717) is 48.4 Å². The lowest BCUT2D eigenvalue weighted by molar-refractivity contribution is 0.0950. The number of nitrogens with zero attached hydrogens (tertiary/aromatic N) is 2. The number of aromatic amines is 2. The smallest absolute Gasteiger partial charge is 0.328 e. The molecule has 2 aromatic heterocycles. The number of amides is 2. The van der Waals surface area contributed by atoms with E-state index in [-0.39, 0.29) is 22.9 Å². The van der Waals surface area contributed by atoms with Crippen LogP contribution >= 0.6 is 0 Å². The number of carbonyl (C=O) groups excluding carboxylic acids is 2. The summed E-state index contributed by atoms with van der Waals surface area (Å²) in [6, 6.07) is 17.9. The summed E-state index contributed by atoms with van der Waals surface area (Å²) in [5, 5.41) is 5.50. The van der Waals surface area contributed by atoms with Gasteiger partial charge in [0.25, 0.3) is 22.9 Å². The Balaban J connectivity index is 0.000000240. The summed E-state index contributed by atoms with van der Waals surface area (Å²) in [5.74, 6) is -0.301. The van der Waals surface area contributed by atoms with Gasteiger partial charge in [0.05, 0.1) is 0 Å². The molecule has 0 saturated heterocycles. The van der Waals surface area contributed by atoms with E-state index in [1.807, 2.05) is 12.1 Å². The summed E-state index contributed by atoms with van der Waals surface area (Å²) < 4.78 is 2.79. The molecule has 4 N–H and O–H groups in total. The van der Waals surface area contributed by atoms with Crippen LogP contribution in [0.1, 0.15) is 31.8 Å². The highest BCUT2D eigenvalue weighted by atomic mass is 16.2. The number of allylic oxidation sites excluding steroid dienone is 2. The molecule has 0 aliphatic carbocycles. The van der Waals surface area contributed by atoms with Crippen molar-refractivity contribution in [2.24, 2.45) is 0 Å². The van der Waals surface area contributed by atoms with E-state index in [1.165, 1.54) is 21.5 Å². The largest absolute Gasteiger partial charge is 0.349 e. The van der Waals surface area contributed by atoms with Gasteiger partial charge in [-0.15, -0.1) is 0 Å². The summed E-state index contributed by atoms with van der Waals surface area (Å²) in [7, 11) is 0. The van der Waals surface area contributed by atoms with Gasteiger partial charge in [0, 0.05) is 60.8 Å². The zero-order valence-corrected chi connectivity index (χ0v) is 24.4. The molecule has 4 rings (SSSR count). The first-order valence-electron chi connectivity index (χ1n) is 13.7. The monoisotopic (exact) mass is 598 g/mol. The maximum Gasteiger partial charge on any atom is 0.328 e. The highest BCUT2D eigenvalue weighted by Gasteiger charge is 2.03. The van der Waals surface area contributed by atoms with Crippen molar-refractivity contribution >= 4 is 11.8 Å². The van der Waals surface area contributed by atoms with Crippen LogP contribution in [0.25, 0.3) is 0 Å². The van der Waals surface area contributed by atoms with Gasteiger partial charge >= 0.3 is 11.4 Å². The van der Waals surface area contributed by atoms with Crippen LogP contribution in [0, 0.1) is 13.8 Å². The van der Waals surface area contributed by atoms with Crippen molar-refractivity contribution in [1.82, 2.24) is 29.7 Å². The van der Waals surface area contributed by atoms with Gasteiger partial charge in [0.2, 0.25) is 0 Å². The van der Waals surface area contributed by atoms with Gasteiger partial charge in [-0.3, -0.25) is 38.3 Å². The molecule has 4 aromatic rings. The van der Waals surface area contributed by atoms with Gasteiger partial charge in [-0.05, 0) is 38.1 Å². The molecule has 2 amide bonds. The Morgan fingerprint density at radius 2 is 0.977 bits per heavy atom. The maximum absolute atomic E-state index is 11.8. The minimum atomic E-state index is -0.450. The van der Waals surface area contributed by atoms with E-state index in [0.717, 1.165) is 0 Å². The molecule has 0 atom stereocenters. The van der Waals surface area contributed by atoms with E-state index in [4.69, 9.17) is 0 Å². The summed E-state index contributed by atoms with van der Waals surface area (Å²) >= 11 is 0. The SMILES string of the molecule is Cc1cn(C/C=C\CNC(=O)c2ccccc2)c(=O)[nH]c1=O.Cc1cn(C/C=C\CNC(=O)c2ccccc2)c(=O)[nH]c1=O. The lowest BCUT2D eigenvalue weighted by Gasteiger charge is -2.03. The fourth-order valence-electron chi connectivity index (χ4n) is 3.74. The van der Waals surface area contributed by atoms with Crippen molar-refractivity contribution in [3.8, 4) is 0 Å². The number of aromatic nitrogens is 4. The minimum Gasteiger partial charge on any atom is -0.349 e. The highest BCUT2D eigenvalue weighted by Crippen LogP contribution is 1.98. The van der Waals surface area contributed by atoms with Crippen LogP contribution in [-0.4, -0.2) is 44.0 Å². The topological polar surface area (TPSA) is 168 Å². The summed E-state index contributed by atoms with van der Waals surface area (Å²) in [4.78, 5) is 73.6. The number of nitrogens with one attached hydrogen (secondary N) is 4. The predicted molar refractivity (Wildman–Crippen MR) is 168 cm³/mol. The van der Waals surface area contributed by atoms with Gasteiger partial charge < -0.3 is 10.6 Å². The molecule has 0 saturated carbocycles. The standard InChI is InChI=1S/2C16H17N3O3/c2*1-12-11-19(16(22)18-14(12)20)10-6-5-9-17-15(21)13-7-3-2-4-8-13/h2*2-8,11H,9-10H2,1H3,(H,17,21)(H,18,20,22)/b2*6-5-. The summed E-state index contributed by atoms with van der Waals surface area (Å²) in [6.45, 7) is 4.67. The van der Waals surface area contributed by atoms with Crippen LogP contribution in [-0.2, 0) is 13.1 Å². The average molecular weight is 599 g/mol. The van der Waals surface area contributed by atoms with Crippen molar-refractivity contribution in [2.45, 2.75) is 26.9 Å². The molecule has 12 nitrogen and oxygen atoms in total. The number of hydrogen-bond donors (Lipinski definition) is 4. The van der Waals surface area contributed by atoms with Gasteiger partial charge in [-0.2, -0.15) is 0 Å². The van der Waals surface area contributed by atoms with Crippen molar-refractivity contribution in [2.75, 3.05) is 13.1 Å². The molecular formula is C32H34N6O6. The first kappa shape index (κ1) is 32.7. The molecular weight excluding hydrogens is 564 g/mol. The Morgan fingerprint density at radius 1 is 0.614 bits per heavy atom. The normalized spacial score (nSPS) is 10.8. The molecule has 0 aliphatic rings. The van der Waals surface area contributed by atoms with Gasteiger partial charge in [-0.1, -0.05) is 60.7 Å². The van der Waals surface area contributed by atoms with Crippen LogP contribution in [0.3, 0.4) is 0 Å². The van der Waals surface area contributed by atoms with E-state index in [2.05, 4.69) is 20.6 Å². The lowest BCUT2D eigenvalue weighted by Crippen LogP contribution is -2.30. The molecule has 0 unspecified atom stereocenters. The molecule has 12 heteroatoms. The molecule has 0 radical (unpaired) electrons. The number of hydrogen-bond acceptors (Lipinski definition) is 6. The van der Waals surface area contributed by atoms with E-state index in [9.17, 15) is 28.8 Å². The molecule has 2 heterocycles. The van der Waals surface area contributed by atoms with Crippen LogP contribution < -0.4 is 33.1 Å². The van der Waals surface area contributed by atoms with E-state index >= 15 is 0 Å². The first-order chi connectivity index (χ1) is 21.2. The van der Waals surface area contributed by atoms with E-state index < -0.39 is 11.4 Å². The number of carbonyl (C=O) groups is 2. The number of benzene rings is 2. The first-order valence-corrected chi connectivity index (χ1v) is 13.7. The summed E-state index contributed by atoms with van der Waals surface area (Å²) in [5.41, 5.74) is 0.505. The second-order valence-electron chi connectivity index (χ2n) is 9.54. The zero-order valence-electron chi connectivity index (χ0n) is 24.4. The Labute approximate surface area is 252 Å². The predicted octanol–water partition coefficient (Wildman–Crippen LogP) is 1.66. The molecule has 0 spiro atoms. The van der Waals surface area contributed by atoms with E-state index in [1.54, 1.807) is 86.7 Å². The number of rotatable bonds is 10. The summed E-state index contributed by atoms with van der Waals surface area (Å²) in [6.07, 6.45) is 10.0. The van der Waals surface area contributed by atoms with Crippen molar-refractivity contribution < 1.29 is 9.59 Å². The maximum atomic E-state index is 11.8. The quantitative estimate of drug-likeness (QED) is 0.203. The minimum absolute atomic E-state index is 0.151. The third-order valence-corrected chi connectivity index (χ3v) is 6.15. The second-order valence-corrected chi connectivity index (χ2v) is 9.54. The van der Waals surface area contributed by atoms with Crippen LogP contribution in [0.4, 0.5) is 0 Å². The highest BCUT2D eigenvalue weighted by molar-refractivity contribution is 5.94. The molecule has 0 aliphatic heterocycles. The Morgan fingerprint density at radius 3 is 1.34 bits per heavy atom. The fraction of sp³-hybridized carbons (Fsp3) is 0.188. The molecule has 228 valence electrons. The van der Waals surface area contributed by atoms with Gasteiger partial charge in [0.15, 0.2) is 0 Å². The lowest BCUT2D eigenvalue weighted by atomic mass is 10.2. The fourth-order valence-corrected chi connectivity index (χ4v) is 3.74. The van der Waals surface area contributed by atoms with Crippen molar-refractivity contribution in [3.63, 3.8) is 0 Å². The third kappa shape index (κ3) is 10.2. The Kier molecular flexibility index (Phi) is 12.4. The molecule has 0 fully saturated rings. The Hall–Kier alpha value is -5.78. The number of H-pyrrole nitrogens is 2. The van der Waals surface area contributed by atoms with Gasteiger partial charge in [-0.25, -0.2) is 9.59 Å². The van der Waals surface area contributed by atoms with Crippen molar-refractivity contribution in [1.29, 1.82) is 0 Å². The molecule has 2 aromatic carbocycles. The van der Waals surface area contributed by atoms with Crippen molar-refractivity contribution in [3.05, 3.63) is 161 Å². The molecule has 44 heavy (non-hydrogen) atoms. The van der Waals surface area contributed by atoms with Gasteiger partial charge in [0.1, 0.15) is 0 Å². The van der Waals surface area contributed by atoms with Crippen LogP contribution in [0.2, 0.25) is 0 Å². The van der Waals surface area contributed by atoms with Crippen LogP contribution in [0.15, 0.2) is 117 Å². The number of aryl methyl sites for hydroxylation is 2. The second kappa shape index (κ2) is 16.6. The average Bonchev–Trinajstić information content (AvgIpc) is 3.02. The third-order valence-electron chi connectivity index (χ3n) is 6.15. The zero-order chi connectivity index (χ0) is 31.9. The molecule has 0 bridgehead atoms. The Bertz CT molecular complexity index is 1710.